The highest BCUT2D eigenvalue weighted by atomic mass is 32.2. The Morgan fingerprint density at radius 1 is 1.47 bits per heavy atom. The largest absolute Gasteiger partial charge is 0.381 e. The zero-order chi connectivity index (χ0) is 11.7. The summed E-state index contributed by atoms with van der Waals surface area (Å²) in [7, 11) is -3.13. The van der Waals surface area contributed by atoms with Crippen molar-refractivity contribution < 1.29 is 13.2 Å². The molecule has 0 aromatic rings. The van der Waals surface area contributed by atoms with Gasteiger partial charge in [-0.05, 0) is 32.6 Å². The van der Waals surface area contributed by atoms with Crippen molar-refractivity contribution in [3.05, 3.63) is 0 Å². The molecule has 0 aromatic heterocycles. The Labute approximate surface area is 92.1 Å². The van der Waals surface area contributed by atoms with Gasteiger partial charge in [-0.15, -0.1) is 0 Å². The molecule has 0 radical (unpaired) electrons. The Morgan fingerprint density at radius 3 is 2.47 bits per heavy atom. The van der Waals surface area contributed by atoms with Crippen LogP contribution in [0, 0.1) is 5.92 Å². The van der Waals surface area contributed by atoms with E-state index in [0.717, 1.165) is 19.4 Å². The van der Waals surface area contributed by atoms with Crippen LogP contribution in [0.4, 0.5) is 0 Å². The van der Waals surface area contributed by atoms with E-state index in [1.165, 1.54) is 6.26 Å². The number of hydrogen-bond donors (Lipinski definition) is 1. The van der Waals surface area contributed by atoms with Crippen LogP contribution in [0.1, 0.15) is 26.7 Å². The molecule has 0 spiro atoms. The lowest BCUT2D eigenvalue weighted by Gasteiger charge is -2.37. The quantitative estimate of drug-likeness (QED) is 0.776. The Morgan fingerprint density at radius 2 is 2.07 bits per heavy atom. The van der Waals surface area contributed by atoms with Crippen LogP contribution < -0.4 is 5.73 Å². The molecule has 0 bridgehead atoms. The fourth-order valence-electron chi connectivity index (χ4n) is 1.86. The minimum Gasteiger partial charge on any atom is -0.381 e. The molecule has 1 aliphatic heterocycles. The molecule has 1 saturated heterocycles. The first kappa shape index (κ1) is 12.9. The molecule has 4 nitrogen and oxygen atoms in total. The van der Waals surface area contributed by atoms with Gasteiger partial charge in [-0.2, -0.15) is 0 Å². The molecule has 15 heavy (non-hydrogen) atoms. The van der Waals surface area contributed by atoms with Crippen molar-refractivity contribution in [2.75, 3.05) is 19.5 Å². The molecular weight excluding hydrogens is 214 g/mol. The van der Waals surface area contributed by atoms with Crippen molar-refractivity contribution in [3.8, 4) is 0 Å². The summed E-state index contributed by atoms with van der Waals surface area (Å²) in [6.07, 6.45) is 3.18. The fraction of sp³-hybridized carbons (Fsp3) is 1.00. The summed E-state index contributed by atoms with van der Waals surface area (Å²) >= 11 is 0. The van der Waals surface area contributed by atoms with Crippen molar-refractivity contribution in [2.45, 2.75) is 37.5 Å². The number of sulfone groups is 1. The normalized spacial score (nSPS) is 26.3. The standard InChI is InChI=1S/C10H21NO3S/c1-10(2,15(3,12)13)9(11)8-5-4-6-14-7-8/h8-9H,4-7,11H2,1-3H3. The molecule has 2 atom stereocenters. The second-order valence-corrected chi connectivity index (χ2v) is 7.48. The zero-order valence-electron chi connectivity index (χ0n) is 9.69. The summed E-state index contributed by atoms with van der Waals surface area (Å²) in [5.41, 5.74) is 6.05. The molecule has 0 amide bonds. The summed E-state index contributed by atoms with van der Waals surface area (Å²) in [5.74, 6) is 0.156. The van der Waals surface area contributed by atoms with Gasteiger partial charge in [-0.25, -0.2) is 8.42 Å². The third kappa shape index (κ3) is 2.71. The van der Waals surface area contributed by atoms with Crippen LogP contribution in [-0.2, 0) is 14.6 Å². The average molecular weight is 235 g/mol. The number of hydrogen-bond acceptors (Lipinski definition) is 4. The third-order valence-electron chi connectivity index (χ3n) is 3.46. The van der Waals surface area contributed by atoms with Gasteiger partial charge in [0.25, 0.3) is 0 Å². The van der Waals surface area contributed by atoms with E-state index in [-0.39, 0.29) is 12.0 Å². The Kier molecular flexibility index (Phi) is 3.79. The number of ether oxygens (including phenoxy) is 1. The predicted molar refractivity (Wildman–Crippen MR) is 60.4 cm³/mol. The molecule has 1 aliphatic rings. The Balaban J connectivity index is 2.78. The topological polar surface area (TPSA) is 69.4 Å². The predicted octanol–water partition coefficient (Wildman–Crippen LogP) is 0.563. The van der Waals surface area contributed by atoms with Crippen molar-refractivity contribution in [1.82, 2.24) is 0 Å². The summed E-state index contributed by atoms with van der Waals surface area (Å²) in [4.78, 5) is 0. The maximum atomic E-state index is 11.6. The summed E-state index contributed by atoms with van der Waals surface area (Å²) < 4.78 is 27.7. The average Bonchev–Trinajstić information content (AvgIpc) is 2.16. The molecule has 2 unspecified atom stereocenters. The smallest absolute Gasteiger partial charge is 0.154 e. The molecule has 90 valence electrons. The summed E-state index contributed by atoms with van der Waals surface area (Å²) in [5, 5.41) is 0. The molecule has 0 aliphatic carbocycles. The maximum Gasteiger partial charge on any atom is 0.154 e. The van der Waals surface area contributed by atoms with Gasteiger partial charge in [0.15, 0.2) is 9.84 Å². The van der Waals surface area contributed by atoms with Crippen LogP contribution in [0.15, 0.2) is 0 Å². The molecule has 0 aromatic carbocycles. The van der Waals surface area contributed by atoms with Crippen LogP contribution >= 0.6 is 0 Å². The lowest BCUT2D eigenvalue weighted by Crippen LogP contribution is -2.54. The molecule has 1 heterocycles. The second-order valence-electron chi connectivity index (χ2n) is 4.88. The molecular formula is C10H21NO3S. The van der Waals surface area contributed by atoms with E-state index in [1.54, 1.807) is 13.8 Å². The van der Waals surface area contributed by atoms with Crippen molar-refractivity contribution >= 4 is 9.84 Å². The first-order valence-corrected chi connectivity index (χ1v) is 7.19. The van der Waals surface area contributed by atoms with Gasteiger partial charge in [0, 0.05) is 18.9 Å². The number of nitrogens with two attached hydrogens (primary N) is 1. The van der Waals surface area contributed by atoms with Gasteiger partial charge in [0.05, 0.1) is 11.4 Å². The van der Waals surface area contributed by atoms with Gasteiger partial charge in [-0.1, -0.05) is 0 Å². The lowest BCUT2D eigenvalue weighted by molar-refractivity contribution is 0.0405. The highest BCUT2D eigenvalue weighted by molar-refractivity contribution is 7.92. The summed E-state index contributed by atoms with van der Waals surface area (Å²) in [6, 6.07) is -0.354. The zero-order valence-corrected chi connectivity index (χ0v) is 10.5. The second kappa shape index (κ2) is 4.39. The van der Waals surface area contributed by atoms with Gasteiger partial charge in [0.2, 0.25) is 0 Å². The minimum atomic E-state index is -3.13. The molecule has 1 rings (SSSR count). The highest BCUT2D eigenvalue weighted by Gasteiger charge is 2.41. The number of rotatable bonds is 3. The maximum absolute atomic E-state index is 11.6. The molecule has 5 heteroatoms. The molecule has 1 fully saturated rings. The van der Waals surface area contributed by atoms with Crippen molar-refractivity contribution in [1.29, 1.82) is 0 Å². The summed E-state index contributed by atoms with van der Waals surface area (Å²) in [6.45, 7) is 4.74. The van der Waals surface area contributed by atoms with E-state index in [0.29, 0.717) is 6.61 Å². The highest BCUT2D eigenvalue weighted by Crippen LogP contribution is 2.28. The van der Waals surface area contributed by atoms with E-state index >= 15 is 0 Å². The van der Waals surface area contributed by atoms with Gasteiger partial charge >= 0.3 is 0 Å². The van der Waals surface area contributed by atoms with E-state index in [9.17, 15) is 8.42 Å². The Hall–Kier alpha value is -0.130. The van der Waals surface area contributed by atoms with E-state index in [4.69, 9.17) is 10.5 Å². The van der Waals surface area contributed by atoms with Crippen LogP contribution in [0.25, 0.3) is 0 Å². The van der Waals surface area contributed by atoms with Gasteiger partial charge in [-0.3, -0.25) is 0 Å². The van der Waals surface area contributed by atoms with Crippen molar-refractivity contribution in [3.63, 3.8) is 0 Å². The Bertz CT molecular complexity index is 305. The first-order valence-electron chi connectivity index (χ1n) is 5.29. The monoisotopic (exact) mass is 235 g/mol. The van der Waals surface area contributed by atoms with Crippen LogP contribution in [0.5, 0.6) is 0 Å². The van der Waals surface area contributed by atoms with Crippen molar-refractivity contribution in [2.24, 2.45) is 11.7 Å². The van der Waals surface area contributed by atoms with Crippen LogP contribution in [0.3, 0.4) is 0 Å². The fourth-order valence-corrected chi connectivity index (χ4v) is 2.55. The lowest BCUT2D eigenvalue weighted by atomic mass is 9.87. The SMILES string of the molecule is CC(C)(C(N)C1CCCOC1)S(C)(=O)=O. The van der Waals surface area contributed by atoms with E-state index in [2.05, 4.69) is 0 Å². The van der Waals surface area contributed by atoms with Gasteiger partial charge < -0.3 is 10.5 Å². The minimum absolute atomic E-state index is 0.156. The first-order chi connectivity index (χ1) is 6.77. The molecule has 2 N–H and O–H groups in total. The van der Waals surface area contributed by atoms with E-state index in [1.807, 2.05) is 0 Å². The molecule has 0 saturated carbocycles. The van der Waals surface area contributed by atoms with Crippen LogP contribution in [0.2, 0.25) is 0 Å². The van der Waals surface area contributed by atoms with E-state index < -0.39 is 14.6 Å². The van der Waals surface area contributed by atoms with Crippen LogP contribution in [-0.4, -0.2) is 38.7 Å². The van der Waals surface area contributed by atoms with Gasteiger partial charge in [0.1, 0.15) is 0 Å². The third-order valence-corrected chi connectivity index (χ3v) is 5.65.